The number of fused-ring (bicyclic) bond motifs is 1. The third-order valence-electron chi connectivity index (χ3n) is 2.46. The van der Waals surface area contributed by atoms with Gasteiger partial charge in [0, 0.05) is 29.6 Å². The maximum absolute atomic E-state index is 5.75. The minimum atomic E-state index is 0. The van der Waals surface area contributed by atoms with Gasteiger partial charge in [0.1, 0.15) is 12.4 Å². The maximum atomic E-state index is 5.75. The van der Waals surface area contributed by atoms with Gasteiger partial charge in [0.05, 0.1) is 17.4 Å². The summed E-state index contributed by atoms with van der Waals surface area (Å²) in [5.41, 5.74) is 2.24. The summed E-state index contributed by atoms with van der Waals surface area (Å²) in [4.78, 5) is 1.27. The molecule has 0 amide bonds. The molecule has 3 heterocycles. The van der Waals surface area contributed by atoms with E-state index in [1.54, 1.807) is 23.9 Å². The molecular formula is C11H12ClNO2S. The molecular weight excluding hydrogens is 246 g/mol. The molecule has 2 aromatic heterocycles. The topological polar surface area (TPSA) is 34.4 Å². The van der Waals surface area contributed by atoms with E-state index in [1.807, 2.05) is 6.07 Å². The third kappa shape index (κ3) is 1.96. The standard InChI is InChI=1S/C11H11NO2S.ClH/c1-3-13-6-8(1)9-7-15-10-5-12-2-4-14-11(9)10;/h1,3,6-7,12H,2,4-5H2;1H. The van der Waals surface area contributed by atoms with Crippen molar-refractivity contribution in [3.63, 3.8) is 0 Å². The largest absolute Gasteiger partial charge is 0.490 e. The first kappa shape index (κ1) is 11.5. The van der Waals surface area contributed by atoms with Crippen LogP contribution < -0.4 is 10.1 Å². The van der Waals surface area contributed by atoms with E-state index >= 15 is 0 Å². The van der Waals surface area contributed by atoms with Crippen molar-refractivity contribution in [2.45, 2.75) is 6.54 Å². The number of rotatable bonds is 1. The van der Waals surface area contributed by atoms with Crippen molar-refractivity contribution < 1.29 is 9.15 Å². The summed E-state index contributed by atoms with van der Waals surface area (Å²) < 4.78 is 10.8. The Morgan fingerprint density at radius 3 is 3.12 bits per heavy atom. The first-order valence-electron chi connectivity index (χ1n) is 4.91. The van der Waals surface area contributed by atoms with Gasteiger partial charge >= 0.3 is 0 Å². The lowest BCUT2D eigenvalue weighted by molar-refractivity contribution is 0.328. The van der Waals surface area contributed by atoms with E-state index in [-0.39, 0.29) is 12.4 Å². The van der Waals surface area contributed by atoms with Gasteiger partial charge in [-0.2, -0.15) is 0 Å². The van der Waals surface area contributed by atoms with E-state index in [4.69, 9.17) is 9.15 Å². The van der Waals surface area contributed by atoms with Crippen LogP contribution in [-0.4, -0.2) is 13.2 Å². The second kappa shape index (κ2) is 4.91. The van der Waals surface area contributed by atoms with Gasteiger partial charge in [0.15, 0.2) is 0 Å². The Kier molecular flexibility index (Phi) is 3.53. The lowest BCUT2D eigenvalue weighted by Crippen LogP contribution is -2.16. The van der Waals surface area contributed by atoms with Crippen LogP contribution in [-0.2, 0) is 6.54 Å². The van der Waals surface area contributed by atoms with Crippen molar-refractivity contribution in [2.75, 3.05) is 13.2 Å². The van der Waals surface area contributed by atoms with E-state index in [9.17, 15) is 0 Å². The maximum Gasteiger partial charge on any atom is 0.142 e. The monoisotopic (exact) mass is 257 g/mol. The molecule has 1 aliphatic heterocycles. The molecule has 0 atom stereocenters. The van der Waals surface area contributed by atoms with Crippen LogP contribution in [0.5, 0.6) is 5.75 Å². The molecule has 2 aromatic rings. The van der Waals surface area contributed by atoms with Crippen LogP contribution in [0.4, 0.5) is 0 Å². The van der Waals surface area contributed by atoms with Gasteiger partial charge in [0.2, 0.25) is 0 Å². The molecule has 0 aromatic carbocycles. The Hall–Kier alpha value is -0.970. The van der Waals surface area contributed by atoms with Crippen molar-refractivity contribution in [3.05, 3.63) is 28.8 Å². The van der Waals surface area contributed by atoms with Gasteiger partial charge in [-0.15, -0.1) is 23.7 Å². The molecule has 1 N–H and O–H groups in total. The van der Waals surface area contributed by atoms with Crippen LogP contribution in [0, 0.1) is 0 Å². The van der Waals surface area contributed by atoms with Gasteiger partial charge in [-0.25, -0.2) is 0 Å². The Morgan fingerprint density at radius 1 is 1.38 bits per heavy atom. The Morgan fingerprint density at radius 2 is 2.31 bits per heavy atom. The second-order valence-corrected chi connectivity index (χ2v) is 4.40. The highest BCUT2D eigenvalue weighted by Crippen LogP contribution is 2.39. The zero-order valence-corrected chi connectivity index (χ0v) is 10.2. The molecule has 0 unspecified atom stereocenters. The van der Waals surface area contributed by atoms with Crippen LogP contribution in [0.3, 0.4) is 0 Å². The van der Waals surface area contributed by atoms with Crippen LogP contribution in [0.1, 0.15) is 4.88 Å². The molecule has 0 spiro atoms. The number of nitrogens with one attached hydrogen (secondary N) is 1. The van der Waals surface area contributed by atoms with E-state index < -0.39 is 0 Å². The Labute approximate surface area is 104 Å². The number of hydrogen-bond donors (Lipinski definition) is 1. The average Bonchev–Trinajstić information content (AvgIpc) is 2.83. The molecule has 5 heteroatoms. The zero-order valence-electron chi connectivity index (χ0n) is 8.56. The highest BCUT2D eigenvalue weighted by Gasteiger charge is 2.17. The molecule has 1 aliphatic rings. The predicted octanol–water partition coefficient (Wildman–Crippen LogP) is 2.91. The number of hydrogen-bond acceptors (Lipinski definition) is 4. The summed E-state index contributed by atoms with van der Waals surface area (Å²) in [6.07, 6.45) is 3.44. The quantitative estimate of drug-likeness (QED) is 0.853. The molecule has 3 rings (SSSR count). The van der Waals surface area contributed by atoms with Gasteiger partial charge in [-0.05, 0) is 6.07 Å². The van der Waals surface area contributed by atoms with Crippen LogP contribution in [0.25, 0.3) is 11.1 Å². The fraction of sp³-hybridized carbons (Fsp3) is 0.273. The second-order valence-electron chi connectivity index (χ2n) is 3.44. The van der Waals surface area contributed by atoms with E-state index in [0.29, 0.717) is 0 Å². The third-order valence-corrected chi connectivity index (χ3v) is 3.43. The van der Waals surface area contributed by atoms with Crippen molar-refractivity contribution in [3.8, 4) is 16.9 Å². The SMILES string of the molecule is Cl.c1cc(-c2csc3c2OCCNC3)co1. The zero-order chi connectivity index (χ0) is 10.1. The molecule has 0 aliphatic carbocycles. The van der Waals surface area contributed by atoms with E-state index in [0.717, 1.165) is 36.6 Å². The molecule has 0 fully saturated rings. The molecule has 86 valence electrons. The van der Waals surface area contributed by atoms with Crippen LogP contribution in [0.2, 0.25) is 0 Å². The first-order chi connectivity index (χ1) is 7.45. The highest BCUT2D eigenvalue weighted by atomic mass is 35.5. The van der Waals surface area contributed by atoms with Gasteiger partial charge in [-0.1, -0.05) is 0 Å². The predicted molar refractivity (Wildman–Crippen MR) is 66.5 cm³/mol. The number of thiophene rings is 1. The molecule has 0 radical (unpaired) electrons. The molecule has 16 heavy (non-hydrogen) atoms. The Bertz CT molecular complexity index is 453. The summed E-state index contributed by atoms with van der Waals surface area (Å²) in [5.74, 6) is 1.02. The van der Waals surface area contributed by atoms with Crippen molar-refractivity contribution >= 4 is 23.7 Å². The summed E-state index contributed by atoms with van der Waals surface area (Å²) in [6.45, 7) is 2.54. The van der Waals surface area contributed by atoms with Crippen LogP contribution in [0.15, 0.2) is 28.4 Å². The fourth-order valence-electron chi connectivity index (χ4n) is 1.71. The summed E-state index contributed by atoms with van der Waals surface area (Å²) in [7, 11) is 0. The normalized spacial score (nSPS) is 14.5. The van der Waals surface area contributed by atoms with Gasteiger partial charge in [-0.3, -0.25) is 0 Å². The lowest BCUT2D eigenvalue weighted by atomic mass is 10.1. The number of halogens is 1. The van der Waals surface area contributed by atoms with Crippen molar-refractivity contribution in [2.24, 2.45) is 0 Å². The highest BCUT2D eigenvalue weighted by molar-refractivity contribution is 7.10. The average molecular weight is 258 g/mol. The molecule has 0 saturated heterocycles. The smallest absolute Gasteiger partial charge is 0.142 e. The van der Waals surface area contributed by atoms with Crippen molar-refractivity contribution in [1.29, 1.82) is 0 Å². The first-order valence-corrected chi connectivity index (χ1v) is 5.79. The van der Waals surface area contributed by atoms with E-state index in [1.165, 1.54) is 4.88 Å². The fourth-order valence-corrected chi connectivity index (χ4v) is 2.68. The molecule has 0 saturated carbocycles. The summed E-state index contributed by atoms with van der Waals surface area (Å²) in [6, 6.07) is 1.96. The Balaban J connectivity index is 0.000000963. The van der Waals surface area contributed by atoms with Gasteiger partial charge < -0.3 is 14.5 Å². The minimum Gasteiger partial charge on any atom is -0.490 e. The van der Waals surface area contributed by atoms with E-state index in [2.05, 4.69) is 10.7 Å². The summed E-state index contributed by atoms with van der Waals surface area (Å²) in [5, 5.41) is 5.45. The molecule has 3 nitrogen and oxygen atoms in total. The number of ether oxygens (including phenoxy) is 1. The van der Waals surface area contributed by atoms with Gasteiger partial charge in [0.25, 0.3) is 0 Å². The molecule has 0 bridgehead atoms. The summed E-state index contributed by atoms with van der Waals surface area (Å²) >= 11 is 1.73. The number of furan rings is 1. The van der Waals surface area contributed by atoms with Crippen molar-refractivity contribution in [1.82, 2.24) is 5.32 Å². The minimum absolute atomic E-state index is 0. The van der Waals surface area contributed by atoms with Crippen LogP contribution >= 0.6 is 23.7 Å². The lowest BCUT2D eigenvalue weighted by Gasteiger charge is -2.03.